The fraction of sp³-hybridized carbons (Fsp3) is 0.100. The zero-order valence-corrected chi connectivity index (χ0v) is 8.66. The average Bonchev–Trinajstić information content (AvgIpc) is 2.30. The summed E-state index contributed by atoms with van der Waals surface area (Å²) in [6.07, 6.45) is 0. The van der Waals surface area contributed by atoms with Crippen LogP contribution in [0.15, 0.2) is 33.9 Å². The lowest BCUT2D eigenvalue weighted by Crippen LogP contribution is -2.26. The second-order valence-electron chi connectivity index (χ2n) is 3.34. The molecule has 0 spiro atoms. The van der Waals surface area contributed by atoms with Gasteiger partial charge < -0.3 is 5.32 Å². The van der Waals surface area contributed by atoms with E-state index in [1.54, 1.807) is 12.1 Å². The van der Waals surface area contributed by atoms with Gasteiger partial charge in [0.2, 0.25) is 5.82 Å². The van der Waals surface area contributed by atoms with Gasteiger partial charge >= 0.3 is 5.69 Å². The topological polar surface area (TPSA) is 90.6 Å². The van der Waals surface area contributed by atoms with E-state index in [9.17, 15) is 14.0 Å². The van der Waals surface area contributed by atoms with E-state index >= 15 is 0 Å². The smallest absolute Gasteiger partial charge is 0.342 e. The molecule has 88 valence electrons. The van der Waals surface area contributed by atoms with Crippen molar-refractivity contribution >= 4 is 5.82 Å². The lowest BCUT2D eigenvalue weighted by molar-refractivity contribution is 0.627. The van der Waals surface area contributed by atoms with E-state index < -0.39 is 11.2 Å². The number of hydrogen-bond donors (Lipinski definition) is 3. The molecule has 0 unspecified atom stereocenters. The number of H-pyrrole nitrogens is 2. The molecule has 17 heavy (non-hydrogen) atoms. The fourth-order valence-corrected chi connectivity index (χ4v) is 1.26. The second kappa shape index (κ2) is 4.60. The third kappa shape index (κ3) is 2.77. The highest BCUT2D eigenvalue weighted by atomic mass is 19.1. The van der Waals surface area contributed by atoms with Gasteiger partial charge in [0.25, 0.3) is 5.56 Å². The molecule has 2 rings (SSSR count). The Balaban J connectivity index is 2.10. The molecule has 0 bridgehead atoms. The Labute approximate surface area is 94.5 Å². The van der Waals surface area contributed by atoms with Crippen molar-refractivity contribution in [2.75, 3.05) is 5.32 Å². The summed E-state index contributed by atoms with van der Waals surface area (Å²) in [5.74, 6) is -0.317. The van der Waals surface area contributed by atoms with Gasteiger partial charge in [-0.3, -0.25) is 9.78 Å². The molecule has 0 atom stereocenters. The lowest BCUT2D eigenvalue weighted by Gasteiger charge is -2.03. The van der Waals surface area contributed by atoms with Crippen molar-refractivity contribution in [1.82, 2.24) is 15.2 Å². The Bertz CT molecular complexity index is 617. The quantitative estimate of drug-likeness (QED) is 0.710. The van der Waals surface area contributed by atoms with Gasteiger partial charge in [-0.25, -0.2) is 14.3 Å². The van der Waals surface area contributed by atoms with Crippen LogP contribution in [0.5, 0.6) is 0 Å². The molecule has 3 N–H and O–H groups in total. The van der Waals surface area contributed by atoms with Crippen molar-refractivity contribution in [3.63, 3.8) is 0 Å². The Morgan fingerprint density at radius 1 is 1.24 bits per heavy atom. The zero-order chi connectivity index (χ0) is 12.3. The van der Waals surface area contributed by atoms with Crippen molar-refractivity contribution < 1.29 is 4.39 Å². The number of aromatic nitrogens is 3. The molecule has 0 aliphatic rings. The number of halogens is 1. The van der Waals surface area contributed by atoms with Gasteiger partial charge in [-0.2, -0.15) is 0 Å². The van der Waals surface area contributed by atoms with Gasteiger partial charge in [0, 0.05) is 6.54 Å². The highest BCUT2D eigenvalue weighted by Gasteiger charge is 2.01. The first-order valence-corrected chi connectivity index (χ1v) is 4.82. The highest BCUT2D eigenvalue weighted by molar-refractivity contribution is 5.31. The van der Waals surface area contributed by atoms with E-state index in [2.05, 4.69) is 15.5 Å². The number of anilines is 1. The van der Waals surface area contributed by atoms with Crippen LogP contribution in [0.2, 0.25) is 0 Å². The van der Waals surface area contributed by atoms with Crippen LogP contribution < -0.4 is 16.6 Å². The van der Waals surface area contributed by atoms with Crippen molar-refractivity contribution in [2.45, 2.75) is 6.54 Å². The molecule has 0 saturated carbocycles. The van der Waals surface area contributed by atoms with Crippen molar-refractivity contribution in [3.05, 3.63) is 56.5 Å². The number of aromatic amines is 2. The maximum absolute atomic E-state index is 12.6. The van der Waals surface area contributed by atoms with Crippen LogP contribution in [0.3, 0.4) is 0 Å². The Hall–Kier alpha value is -2.44. The van der Waals surface area contributed by atoms with Gasteiger partial charge in [0.05, 0.1) is 0 Å². The fourth-order valence-electron chi connectivity index (χ4n) is 1.26. The number of hydrogen-bond acceptors (Lipinski definition) is 4. The van der Waals surface area contributed by atoms with Gasteiger partial charge in [-0.05, 0) is 17.7 Å². The van der Waals surface area contributed by atoms with Gasteiger partial charge in [-0.1, -0.05) is 12.1 Å². The van der Waals surface area contributed by atoms with Crippen LogP contribution in [-0.4, -0.2) is 15.2 Å². The third-order valence-corrected chi connectivity index (χ3v) is 2.08. The SMILES string of the molecule is O=c1[nH]nc(NCc2ccc(F)cc2)c(=O)[nH]1. The predicted molar refractivity (Wildman–Crippen MR) is 59.2 cm³/mol. The molecule has 1 heterocycles. The van der Waals surface area contributed by atoms with E-state index in [0.717, 1.165) is 5.56 Å². The van der Waals surface area contributed by atoms with Crippen LogP contribution in [0, 0.1) is 5.82 Å². The maximum atomic E-state index is 12.6. The van der Waals surface area contributed by atoms with E-state index in [0.29, 0.717) is 6.54 Å². The maximum Gasteiger partial charge on any atom is 0.342 e. The minimum absolute atomic E-state index is 0.00826. The molecule has 2 aromatic rings. The lowest BCUT2D eigenvalue weighted by atomic mass is 10.2. The average molecular weight is 236 g/mol. The molecule has 0 radical (unpaired) electrons. The second-order valence-corrected chi connectivity index (χ2v) is 3.34. The van der Waals surface area contributed by atoms with Crippen LogP contribution in [-0.2, 0) is 6.54 Å². The molecule has 1 aromatic carbocycles. The molecule has 0 saturated heterocycles. The number of rotatable bonds is 3. The van der Waals surface area contributed by atoms with Crippen LogP contribution in [0.25, 0.3) is 0 Å². The molecular weight excluding hydrogens is 227 g/mol. The Morgan fingerprint density at radius 3 is 2.59 bits per heavy atom. The summed E-state index contributed by atoms with van der Waals surface area (Å²) in [4.78, 5) is 24.0. The summed E-state index contributed by atoms with van der Waals surface area (Å²) in [6.45, 7) is 0.308. The van der Waals surface area contributed by atoms with Crippen LogP contribution in [0.1, 0.15) is 5.56 Å². The molecular formula is C10H9FN4O2. The molecule has 0 fully saturated rings. The first-order chi connectivity index (χ1) is 8.15. The van der Waals surface area contributed by atoms with Crippen LogP contribution in [0.4, 0.5) is 10.2 Å². The summed E-state index contributed by atoms with van der Waals surface area (Å²) < 4.78 is 12.6. The monoisotopic (exact) mass is 236 g/mol. The molecule has 0 aliphatic heterocycles. The number of benzene rings is 1. The minimum atomic E-state index is -0.665. The Kier molecular flexibility index (Phi) is 2.99. The molecule has 0 aliphatic carbocycles. The van der Waals surface area contributed by atoms with Crippen LogP contribution >= 0.6 is 0 Å². The summed E-state index contributed by atoms with van der Waals surface area (Å²) in [5, 5.41) is 8.37. The highest BCUT2D eigenvalue weighted by Crippen LogP contribution is 2.03. The number of nitrogens with zero attached hydrogens (tertiary/aromatic N) is 1. The summed E-state index contributed by atoms with van der Waals surface area (Å²) >= 11 is 0. The zero-order valence-electron chi connectivity index (χ0n) is 8.66. The summed E-state index contributed by atoms with van der Waals surface area (Å²) in [7, 11) is 0. The first-order valence-electron chi connectivity index (χ1n) is 4.82. The molecule has 1 aromatic heterocycles. The summed E-state index contributed by atoms with van der Waals surface area (Å²) in [5.41, 5.74) is -0.475. The first kappa shape index (κ1) is 11.1. The largest absolute Gasteiger partial charge is 0.360 e. The van der Waals surface area contributed by atoms with E-state index in [4.69, 9.17) is 0 Å². The predicted octanol–water partition coefficient (Wildman–Crippen LogP) is 0.209. The standard InChI is InChI=1S/C10H9FN4O2/c11-7-3-1-6(2-4-7)5-12-8-9(16)13-10(17)15-14-8/h1-4H,5H2,(H,12,14)(H2,13,15,16,17). The molecule has 6 nitrogen and oxygen atoms in total. The molecule has 7 heteroatoms. The van der Waals surface area contributed by atoms with E-state index in [-0.39, 0.29) is 11.6 Å². The van der Waals surface area contributed by atoms with E-state index in [1.165, 1.54) is 12.1 Å². The van der Waals surface area contributed by atoms with Crippen molar-refractivity contribution in [3.8, 4) is 0 Å². The van der Waals surface area contributed by atoms with Gasteiger partial charge in [0.1, 0.15) is 5.82 Å². The number of nitrogens with one attached hydrogen (secondary N) is 3. The summed E-state index contributed by atoms with van der Waals surface area (Å²) in [6, 6.07) is 5.81. The van der Waals surface area contributed by atoms with Gasteiger partial charge in [-0.15, -0.1) is 5.10 Å². The third-order valence-electron chi connectivity index (χ3n) is 2.08. The van der Waals surface area contributed by atoms with Crippen molar-refractivity contribution in [2.24, 2.45) is 0 Å². The molecule has 0 amide bonds. The van der Waals surface area contributed by atoms with E-state index in [1.807, 2.05) is 4.98 Å². The minimum Gasteiger partial charge on any atom is -0.360 e. The normalized spacial score (nSPS) is 10.2. The Morgan fingerprint density at radius 2 is 1.94 bits per heavy atom. The van der Waals surface area contributed by atoms with Crippen molar-refractivity contribution in [1.29, 1.82) is 0 Å². The van der Waals surface area contributed by atoms with Gasteiger partial charge in [0.15, 0.2) is 0 Å².